The lowest BCUT2D eigenvalue weighted by Gasteiger charge is -2.30. The summed E-state index contributed by atoms with van der Waals surface area (Å²) in [6.45, 7) is 6.44. The standard InChI is InChI=1S/C22H29NO3S/c1-16-14-18(3)22(15-17(16)2)27(24,25)23-13-7-5-6-8-21(23)19-9-11-20(26-4)12-10-19/h9-12,14-15,21H,5-8,13H2,1-4H3/t21-/m1/s1. The molecule has 1 aliphatic rings. The number of benzene rings is 2. The van der Waals surface area contributed by atoms with Gasteiger partial charge in [0.05, 0.1) is 18.0 Å². The molecule has 1 fully saturated rings. The van der Waals surface area contributed by atoms with Gasteiger partial charge in [0, 0.05) is 6.54 Å². The van der Waals surface area contributed by atoms with Crippen molar-refractivity contribution in [1.29, 1.82) is 0 Å². The summed E-state index contributed by atoms with van der Waals surface area (Å²) in [5.41, 5.74) is 3.97. The Bertz CT molecular complexity index is 904. The highest BCUT2D eigenvalue weighted by molar-refractivity contribution is 7.89. The lowest BCUT2D eigenvalue weighted by atomic mass is 10.0. The number of ether oxygens (including phenoxy) is 1. The van der Waals surface area contributed by atoms with Crippen LogP contribution in [-0.4, -0.2) is 26.4 Å². The van der Waals surface area contributed by atoms with Crippen LogP contribution in [0.5, 0.6) is 5.75 Å². The first-order chi connectivity index (χ1) is 12.8. The van der Waals surface area contributed by atoms with Gasteiger partial charge in [0.25, 0.3) is 0 Å². The molecule has 1 aliphatic heterocycles. The lowest BCUT2D eigenvalue weighted by Crippen LogP contribution is -2.35. The Labute approximate surface area is 163 Å². The number of hydrogen-bond donors (Lipinski definition) is 0. The molecule has 0 N–H and O–H groups in total. The van der Waals surface area contributed by atoms with Crippen LogP contribution in [0.15, 0.2) is 41.3 Å². The van der Waals surface area contributed by atoms with Gasteiger partial charge in [0.1, 0.15) is 5.75 Å². The second-order valence-electron chi connectivity index (χ2n) is 7.46. The molecule has 5 heteroatoms. The van der Waals surface area contributed by atoms with Gasteiger partial charge in [-0.1, -0.05) is 31.0 Å². The second-order valence-corrected chi connectivity index (χ2v) is 9.31. The summed E-state index contributed by atoms with van der Waals surface area (Å²) in [7, 11) is -1.93. The van der Waals surface area contributed by atoms with Crippen LogP contribution >= 0.6 is 0 Å². The molecule has 2 aromatic rings. The third-order valence-electron chi connectivity index (χ3n) is 5.58. The quantitative estimate of drug-likeness (QED) is 0.747. The average Bonchev–Trinajstić information content (AvgIpc) is 2.91. The molecular weight excluding hydrogens is 358 g/mol. The first-order valence-corrected chi connectivity index (χ1v) is 11.0. The van der Waals surface area contributed by atoms with Crippen molar-refractivity contribution in [3.63, 3.8) is 0 Å². The molecule has 0 amide bonds. The van der Waals surface area contributed by atoms with Crippen LogP contribution in [0.1, 0.15) is 54.0 Å². The van der Waals surface area contributed by atoms with Crippen molar-refractivity contribution < 1.29 is 13.2 Å². The molecule has 0 radical (unpaired) electrons. The zero-order valence-electron chi connectivity index (χ0n) is 16.7. The average molecular weight is 388 g/mol. The van der Waals surface area contributed by atoms with Gasteiger partial charge in [-0.15, -0.1) is 0 Å². The molecule has 0 aliphatic carbocycles. The van der Waals surface area contributed by atoms with E-state index < -0.39 is 10.0 Å². The Morgan fingerprint density at radius 3 is 2.26 bits per heavy atom. The van der Waals surface area contributed by atoms with E-state index >= 15 is 0 Å². The van der Waals surface area contributed by atoms with Crippen molar-refractivity contribution in [1.82, 2.24) is 4.31 Å². The lowest BCUT2D eigenvalue weighted by molar-refractivity contribution is 0.328. The van der Waals surface area contributed by atoms with E-state index in [-0.39, 0.29) is 6.04 Å². The zero-order valence-corrected chi connectivity index (χ0v) is 17.5. The number of nitrogens with zero attached hydrogens (tertiary/aromatic N) is 1. The molecule has 0 bridgehead atoms. The van der Waals surface area contributed by atoms with Crippen molar-refractivity contribution in [3.05, 3.63) is 58.7 Å². The molecule has 1 saturated heterocycles. The second kappa shape index (κ2) is 8.03. The number of aryl methyl sites for hydroxylation is 3. The van der Waals surface area contributed by atoms with Gasteiger partial charge >= 0.3 is 0 Å². The van der Waals surface area contributed by atoms with E-state index in [1.807, 2.05) is 57.2 Å². The zero-order chi connectivity index (χ0) is 19.6. The topological polar surface area (TPSA) is 46.6 Å². The van der Waals surface area contributed by atoms with Crippen molar-refractivity contribution >= 4 is 10.0 Å². The van der Waals surface area contributed by atoms with Crippen LogP contribution in [0.2, 0.25) is 0 Å². The van der Waals surface area contributed by atoms with Gasteiger partial charge in [-0.05, 0) is 74.1 Å². The SMILES string of the molecule is COc1ccc([C@H]2CCCCCN2S(=O)(=O)c2cc(C)c(C)cc2C)cc1. The monoisotopic (exact) mass is 387 g/mol. The van der Waals surface area contributed by atoms with Crippen molar-refractivity contribution in [2.75, 3.05) is 13.7 Å². The summed E-state index contributed by atoms with van der Waals surface area (Å²) < 4.78 is 34.2. The highest BCUT2D eigenvalue weighted by Crippen LogP contribution is 2.36. The Morgan fingerprint density at radius 1 is 0.926 bits per heavy atom. The third-order valence-corrected chi connectivity index (χ3v) is 7.63. The summed E-state index contributed by atoms with van der Waals surface area (Å²) in [4.78, 5) is 0.436. The van der Waals surface area contributed by atoms with Gasteiger partial charge in [-0.2, -0.15) is 4.31 Å². The maximum absolute atomic E-state index is 13.6. The minimum absolute atomic E-state index is 0.135. The van der Waals surface area contributed by atoms with Crippen molar-refractivity contribution in [2.45, 2.75) is 57.4 Å². The molecular formula is C22H29NO3S. The van der Waals surface area contributed by atoms with E-state index in [1.54, 1.807) is 11.4 Å². The molecule has 0 saturated carbocycles. The highest BCUT2D eigenvalue weighted by atomic mass is 32.2. The third kappa shape index (κ3) is 4.04. The van der Waals surface area contributed by atoms with E-state index in [1.165, 1.54) is 0 Å². The fourth-order valence-corrected chi connectivity index (χ4v) is 5.84. The van der Waals surface area contributed by atoms with E-state index in [9.17, 15) is 8.42 Å². The molecule has 1 atom stereocenters. The number of hydrogen-bond acceptors (Lipinski definition) is 3. The predicted octanol–water partition coefficient (Wildman–Crippen LogP) is 4.93. The molecule has 0 unspecified atom stereocenters. The van der Waals surface area contributed by atoms with Gasteiger partial charge in [0.15, 0.2) is 0 Å². The van der Waals surface area contributed by atoms with E-state index in [4.69, 9.17) is 4.74 Å². The number of sulfonamides is 1. The van der Waals surface area contributed by atoms with E-state index in [0.717, 1.165) is 53.7 Å². The summed E-state index contributed by atoms with van der Waals surface area (Å²) >= 11 is 0. The molecule has 4 nitrogen and oxygen atoms in total. The maximum atomic E-state index is 13.6. The molecule has 3 rings (SSSR count). The fraction of sp³-hybridized carbons (Fsp3) is 0.455. The summed E-state index contributed by atoms with van der Waals surface area (Å²) in [5.74, 6) is 0.784. The van der Waals surface area contributed by atoms with Crippen LogP contribution in [0.4, 0.5) is 0 Å². The largest absolute Gasteiger partial charge is 0.497 e. The Balaban J connectivity index is 2.05. The van der Waals surface area contributed by atoms with Crippen LogP contribution in [0.3, 0.4) is 0 Å². The smallest absolute Gasteiger partial charge is 0.243 e. The van der Waals surface area contributed by atoms with Crippen LogP contribution < -0.4 is 4.74 Å². The molecule has 146 valence electrons. The fourth-order valence-electron chi connectivity index (χ4n) is 3.87. The van der Waals surface area contributed by atoms with Gasteiger partial charge in [-0.3, -0.25) is 0 Å². The van der Waals surface area contributed by atoms with Crippen LogP contribution in [0.25, 0.3) is 0 Å². The Morgan fingerprint density at radius 2 is 1.59 bits per heavy atom. The Hall–Kier alpha value is -1.85. The van der Waals surface area contributed by atoms with Crippen LogP contribution in [0, 0.1) is 20.8 Å². The first-order valence-electron chi connectivity index (χ1n) is 9.58. The maximum Gasteiger partial charge on any atom is 0.243 e. The number of rotatable bonds is 4. The highest BCUT2D eigenvalue weighted by Gasteiger charge is 2.34. The van der Waals surface area contributed by atoms with E-state index in [2.05, 4.69) is 0 Å². The summed E-state index contributed by atoms with van der Waals surface area (Å²) in [6, 6.07) is 11.5. The minimum atomic E-state index is -3.57. The number of methoxy groups -OCH3 is 1. The predicted molar refractivity (Wildman–Crippen MR) is 109 cm³/mol. The molecule has 0 spiro atoms. The van der Waals surface area contributed by atoms with Gasteiger partial charge < -0.3 is 4.74 Å². The van der Waals surface area contributed by atoms with Gasteiger partial charge in [0.2, 0.25) is 10.0 Å². The van der Waals surface area contributed by atoms with E-state index in [0.29, 0.717) is 11.4 Å². The minimum Gasteiger partial charge on any atom is -0.497 e. The molecule has 27 heavy (non-hydrogen) atoms. The van der Waals surface area contributed by atoms with Crippen molar-refractivity contribution in [2.24, 2.45) is 0 Å². The summed E-state index contributed by atoms with van der Waals surface area (Å²) in [6.07, 6.45) is 3.84. The van der Waals surface area contributed by atoms with Crippen LogP contribution in [-0.2, 0) is 10.0 Å². The molecule has 1 heterocycles. The molecule has 2 aromatic carbocycles. The van der Waals surface area contributed by atoms with Crippen molar-refractivity contribution in [3.8, 4) is 5.75 Å². The van der Waals surface area contributed by atoms with Gasteiger partial charge in [-0.25, -0.2) is 8.42 Å². The summed E-state index contributed by atoms with van der Waals surface area (Å²) in [5, 5.41) is 0. The Kier molecular flexibility index (Phi) is 5.92. The normalized spacial score (nSPS) is 18.9. The molecule has 0 aromatic heterocycles. The first kappa shape index (κ1) is 19.9.